The Balaban J connectivity index is 2.19. The average Bonchev–Trinajstić information content (AvgIpc) is 2.67. The molecule has 2 N–H and O–H groups in total. The highest BCUT2D eigenvalue weighted by molar-refractivity contribution is 5.92. The molecule has 2 heterocycles. The lowest BCUT2D eigenvalue weighted by Gasteiger charge is -2.27. The van der Waals surface area contributed by atoms with Gasteiger partial charge in [-0.15, -0.1) is 0 Å². The lowest BCUT2D eigenvalue weighted by molar-refractivity contribution is -0.139. The summed E-state index contributed by atoms with van der Waals surface area (Å²) in [7, 11) is 0. The molecule has 0 fully saturated rings. The van der Waals surface area contributed by atoms with Crippen LogP contribution in [0.2, 0.25) is 0 Å². The van der Waals surface area contributed by atoms with Crippen molar-refractivity contribution >= 4 is 5.97 Å². The number of hydrogen-bond acceptors (Lipinski definition) is 6. The maximum Gasteiger partial charge on any atom is 0.338 e. The maximum atomic E-state index is 13.2. The van der Waals surface area contributed by atoms with Gasteiger partial charge >= 0.3 is 5.97 Å². The number of carbonyl (C=O) groups excluding carboxylic acids is 1. The lowest BCUT2D eigenvalue weighted by Crippen LogP contribution is -2.25. The lowest BCUT2D eigenvalue weighted by atomic mass is 9.81. The first-order valence-corrected chi connectivity index (χ1v) is 9.04. The molecular formula is C22H20FN3O3. The molecule has 0 saturated carbocycles. The fraction of sp³-hybridized carbons (Fsp3) is 0.227. The van der Waals surface area contributed by atoms with Gasteiger partial charge < -0.3 is 15.2 Å². The molecule has 1 aromatic heterocycles. The molecule has 3 rings (SSSR count). The number of nitriles is 1. The molecule has 1 aliphatic rings. The Kier molecular flexibility index (Phi) is 5.64. The van der Waals surface area contributed by atoms with E-state index >= 15 is 0 Å². The molecule has 1 aromatic carbocycles. The van der Waals surface area contributed by atoms with Crippen molar-refractivity contribution in [3.05, 3.63) is 76.4 Å². The Morgan fingerprint density at radius 3 is 2.69 bits per heavy atom. The number of nitrogens with zero attached hydrogens (tertiary/aromatic N) is 2. The predicted molar refractivity (Wildman–Crippen MR) is 104 cm³/mol. The number of ether oxygens (including phenoxy) is 2. The highest BCUT2D eigenvalue weighted by Gasteiger charge is 2.36. The molecule has 148 valence electrons. The van der Waals surface area contributed by atoms with E-state index in [0.29, 0.717) is 11.1 Å². The number of halogens is 1. The third kappa shape index (κ3) is 3.97. The molecular weight excluding hydrogens is 373 g/mol. The minimum atomic E-state index is -0.736. The van der Waals surface area contributed by atoms with Crippen LogP contribution in [0.25, 0.3) is 11.1 Å². The van der Waals surface area contributed by atoms with Gasteiger partial charge in [-0.1, -0.05) is 23.8 Å². The van der Waals surface area contributed by atoms with Crippen LogP contribution in [0.15, 0.2) is 59.3 Å². The van der Waals surface area contributed by atoms with Crippen LogP contribution < -0.4 is 5.73 Å². The fourth-order valence-electron chi connectivity index (χ4n) is 3.38. The number of rotatable bonds is 4. The van der Waals surface area contributed by atoms with Gasteiger partial charge in [0.05, 0.1) is 18.1 Å². The normalized spacial score (nSPS) is 16.3. The molecule has 6 nitrogen and oxygen atoms in total. The summed E-state index contributed by atoms with van der Waals surface area (Å²) in [6.45, 7) is 5.39. The maximum absolute atomic E-state index is 13.2. The van der Waals surface area contributed by atoms with E-state index in [4.69, 9.17) is 15.2 Å². The van der Waals surface area contributed by atoms with Gasteiger partial charge in [0.15, 0.2) is 0 Å². The van der Waals surface area contributed by atoms with Crippen molar-refractivity contribution in [2.75, 3.05) is 6.61 Å². The number of nitrogens with two attached hydrogens (primary N) is 1. The standard InChI is InChI=1S/C22H20FN3O3/c1-4-28-22(27)19-13(3)29-21(25)17(10-24)20(19)16-8-12(2)7-15(9-16)14-5-6-18(23)26-11-14/h5-9,11,20H,4,25H2,1-3H3. The number of benzene rings is 1. The number of carbonyl (C=O) groups is 1. The summed E-state index contributed by atoms with van der Waals surface area (Å²) in [4.78, 5) is 16.4. The van der Waals surface area contributed by atoms with Gasteiger partial charge in [0.2, 0.25) is 11.8 Å². The van der Waals surface area contributed by atoms with E-state index in [0.717, 1.165) is 11.1 Å². The number of aromatic nitrogens is 1. The van der Waals surface area contributed by atoms with Crippen molar-refractivity contribution in [3.8, 4) is 17.2 Å². The van der Waals surface area contributed by atoms with Crippen LogP contribution in [0.1, 0.15) is 30.9 Å². The molecule has 0 spiro atoms. The number of pyridine rings is 1. The van der Waals surface area contributed by atoms with Crippen molar-refractivity contribution < 1.29 is 18.7 Å². The molecule has 0 bridgehead atoms. The topological polar surface area (TPSA) is 98.2 Å². The molecule has 7 heteroatoms. The summed E-state index contributed by atoms with van der Waals surface area (Å²) in [6.07, 6.45) is 1.43. The van der Waals surface area contributed by atoms with Crippen LogP contribution in [0.3, 0.4) is 0 Å². The molecule has 0 aliphatic carbocycles. The molecule has 0 amide bonds. The van der Waals surface area contributed by atoms with Gasteiger partial charge in [-0.25, -0.2) is 9.78 Å². The van der Waals surface area contributed by atoms with E-state index in [1.165, 1.54) is 12.3 Å². The largest absolute Gasteiger partial charge is 0.463 e. The van der Waals surface area contributed by atoms with E-state index in [2.05, 4.69) is 11.1 Å². The zero-order chi connectivity index (χ0) is 21.1. The average molecular weight is 393 g/mol. The second kappa shape index (κ2) is 8.15. The van der Waals surface area contributed by atoms with Crippen LogP contribution >= 0.6 is 0 Å². The number of hydrogen-bond donors (Lipinski definition) is 1. The minimum Gasteiger partial charge on any atom is -0.463 e. The molecule has 1 unspecified atom stereocenters. The first kappa shape index (κ1) is 20.1. The highest BCUT2D eigenvalue weighted by atomic mass is 19.1. The quantitative estimate of drug-likeness (QED) is 0.626. The van der Waals surface area contributed by atoms with Gasteiger partial charge in [-0.05, 0) is 44.0 Å². The second-order valence-electron chi connectivity index (χ2n) is 6.62. The SMILES string of the molecule is CCOC(=O)C1=C(C)OC(N)=C(C#N)C1c1cc(C)cc(-c2ccc(F)nc2)c1. The molecule has 2 aromatic rings. The number of esters is 1. The smallest absolute Gasteiger partial charge is 0.338 e. The van der Waals surface area contributed by atoms with Gasteiger partial charge in [0.25, 0.3) is 0 Å². The van der Waals surface area contributed by atoms with E-state index < -0.39 is 17.8 Å². The Bertz CT molecular complexity index is 1070. The van der Waals surface area contributed by atoms with Crippen LogP contribution in [-0.2, 0) is 14.3 Å². The Labute approximate surface area is 168 Å². The van der Waals surface area contributed by atoms with E-state index in [9.17, 15) is 14.4 Å². The zero-order valence-electron chi connectivity index (χ0n) is 16.3. The molecule has 29 heavy (non-hydrogen) atoms. The third-order valence-corrected chi connectivity index (χ3v) is 4.59. The zero-order valence-corrected chi connectivity index (χ0v) is 16.3. The van der Waals surface area contributed by atoms with Crippen molar-refractivity contribution in [1.29, 1.82) is 5.26 Å². The van der Waals surface area contributed by atoms with Crippen molar-refractivity contribution in [1.82, 2.24) is 4.98 Å². The van der Waals surface area contributed by atoms with E-state index in [-0.39, 0.29) is 29.4 Å². The van der Waals surface area contributed by atoms with Crippen LogP contribution in [-0.4, -0.2) is 17.6 Å². The summed E-state index contributed by atoms with van der Waals surface area (Å²) >= 11 is 0. The second-order valence-corrected chi connectivity index (χ2v) is 6.62. The predicted octanol–water partition coefficient (Wildman–Crippen LogP) is 3.84. The Morgan fingerprint density at radius 1 is 1.31 bits per heavy atom. The monoisotopic (exact) mass is 393 g/mol. The summed E-state index contributed by atoms with van der Waals surface area (Å²) < 4.78 is 23.8. The first-order chi connectivity index (χ1) is 13.8. The number of aryl methyl sites for hydroxylation is 1. The van der Waals surface area contributed by atoms with Crippen LogP contribution in [0.4, 0.5) is 4.39 Å². The molecule has 1 atom stereocenters. The minimum absolute atomic E-state index is 0.0467. The Morgan fingerprint density at radius 2 is 2.07 bits per heavy atom. The van der Waals surface area contributed by atoms with Crippen molar-refractivity contribution in [3.63, 3.8) is 0 Å². The molecule has 1 aliphatic heterocycles. The fourth-order valence-corrected chi connectivity index (χ4v) is 3.38. The first-order valence-electron chi connectivity index (χ1n) is 9.04. The van der Waals surface area contributed by atoms with Crippen LogP contribution in [0, 0.1) is 24.2 Å². The van der Waals surface area contributed by atoms with Crippen molar-refractivity contribution in [2.45, 2.75) is 26.7 Å². The van der Waals surface area contributed by atoms with Gasteiger partial charge in [-0.3, -0.25) is 0 Å². The molecule has 0 radical (unpaired) electrons. The summed E-state index contributed by atoms with van der Waals surface area (Å²) in [5.41, 5.74) is 9.35. The number of allylic oxidation sites excluding steroid dienone is 2. The summed E-state index contributed by atoms with van der Waals surface area (Å²) in [5, 5.41) is 9.70. The van der Waals surface area contributed by atoms with Gasteiger partial charge in [0.1, 0.15) is 17.4 Å². The summed E-state index contributed by atoms with van der Waals surface area (Å²) in [5.74, 6) is -1.63. The van der Waals surface area contributed by atoms with Gasteiger partial charge in [-0.2, -0.15) is 9.65 Å². The van der Waals surface area contributed by atoms with Crippen molar-refractivity contribution in [2.24, 2.45) is 5.73 Å². The highest BCUT2D eigenvalue weighted by Crippen LogP contribution is 2.41. The van der Waals surface area contributed by atoms with Crippen LogP contribution in [0.5, 0.6) is 0 Å². The van der Waals surface area contributed by atoms with E-state index in [1.54, 1.807) is 19.9 Å². The molecule has 0 saturated heterocycles. The Hall–Kier alpha value is -3.66. The van der Waals surface area contributed by atoms with E-state index in [1.807, 2.05) is 25.1 Å². The van der Waals surface area contributed by atoms with Gasteiger partial charge in [0, 0.05) is 11.8 Å². The third-order valence-electron chi connectivity index (χ3n) is 4.59. The summed E-state index contributed by atoms with van der Waals surface area (Å²) in [6, 6.07) is 10.6.